The van der Waals surface area contributed by atoms with Crippen molar-refractivity contribution in [1.82, 2.24) is 0 Å². The second-order valence-electron chi connectivity index (χ2n) is 1.31. The molecule has 0 saturated heterocycles. The van der Waals surface area contributed by atoms with E-state index in [2.05, 4.69) is 0 Å². The van der Waals surface area contributed by atoms with Gasteiger partial charge in [0.15, 0.2) is 0 Å². The summed E-state index contributed by atoms with van der Waals surface area (Å²) in [5.41, 5.74) is 0. The Kier molecular flexibility index (Phi) is 53.5. The van der Waals surface area contributed by atoms with Gasteiger partial charge in [0, 0.05) is 19.5 Å². The minimum Gasteiger partial charge on any atom is -1.00 e. The fraction of sp³-hybridized carbons (Fsp3) is 0. The van der Waals surface area contributed by atoms with Crippen LogP contribution in [0.2, 0.25) is 0 Å². The van der Waals surface area contributed by atoms with Gasteiger partial charge >= 0.3 is 108 Å². The van der Waals surface area contributed by atoms with Gasteiger partial charge in [-0.15, -0.1) is 0 Å². The molecule has 12 nitrogen and oxygen atoms in total. The first-order valence-corrected chi connectivity index (χ1v) is 6.65. The van der Waals surface area contributed by atoms with Crippen molar-refractivity contribution < 1.29 is 83.2 Å². The Morgan fingerprint density at radius 3 is 0.833 bits per heavy atom. The van der Waals surface area contributed by atoms with Gasteiger partial charge in [-0.1, -0.05) is 0 Å². The van der Waals surface area contributed by atoms with Crippen molar-refractivity contribution in [1.29, 1.82) is 0 Å². The molecule has 0 bridgehead atoms. The zero-order chi connectivity index (χ0) is 12.6. The van der Waals surface area contributed by atoms with Crippen molar-refractivity contribution in [3.63, 3.8) is 0 Å². The maximum absolute atomic E-state index is 8.88. The van der Waals surface area contributed by atoms with Crippen molar-refractivity contribution in [3.8, 4) is 0 Å². The van der Waals surface area contributed by atoms with Crippen LogP contribution in [0.15, 0.2) is 0 Å². The largest absolute Gasteiger partial charge is 2.00 e. The molecule has 106 valence electrons. The first-order valence-electron chi connectivity index (χ1n) is 2.22. The van der Waals surface area contributed by atoms with Crippen LogP contribution in [0.4, 0.5) is 0 Å². The van der Waals surface area contributed by atoms with Gasteiger partial charge in [-0.05, 0) is 0 Å². The van der Waals surface area contributed by atoms with Crippen LogP contribution in [0.25, 0.3) is 0 Å². The summed E-state index contributed by atoms with van der Waals surface area (Å²) in [6, 6.07) is 0. The molecular weight excluding hydrogens is 475 g/mol. The van der Waals surface area contributed by atoms with Gasteiger partial charge in [0.25, 0.3) is 0 Å². The minimum absolute atomic E-state index is 0. The zero-order valence-corrected chi connectivity index (χ0v) is 20.3. The van der Waals surface area contributed by atoms with Crippen molar-refractivity contribution >= 4 is 108 Å². The van der Waals surface area contributed by atoms with Gasteiger partial charge in [0.1, 0.15) is 0 Å². The molecule has 0 atom stereocenters. The Bertz CT molecular complexity index is 221. The fourth-order valence-corrected chi connectivity index (χ4v) is 0. The first-order chi connectivity index (χ1) is 5.73. The van der Waals surface area contributed by atoms with E-state index in [9.17, 15) is 0 Å². The molecule has 0 radical (unpaired) electrons. The van der Waals surface area contributed by atoms with E-state index in [4.69, 9.17) is 52.5 Å². The van der Waals surface area contributed by atoms with Crippen molar-refractivity contribution in [2.24, 2.45) is 0 Å². The molecule has 18 heteroatoms. The smallest absolute Gasteiger partial charge is 1.00 e. The number of hydrogen-bond acceptors (Lipinski definition) is 3. The van der Waals surface area contributed by atoms with Crippen LogP contribution < -0.4 is 0 Å². The third-order valence-corrected chi connectivity index (χ3v) is 0. The van der Waals surface area contributed by atoms with E-state index in [0.29, 0.717) is 0 Å². The molecular formula is H14CaO12P2SiSrZn. The second-order valence-corrected chi connectivity index (χ2v) is 3.93. The molecule has 0 heterocycles. The Balaban J connectivity index is -0.00000000779. The molecule has 0 aromatic rings. The van der Waals surface area contributed by atoms with Gasteiger partial charge in [0.2, 0.25) is 0 Å². The van der Waals surface area contributed by atoms with Crippen molar-refractivity contribution in [2.75, 3.05) is 0 Å². The minimum atomic E-state index is -4.64. The van der Waals surface area contributed by atoms with E-state index in [1.165, 1.54) is 0 Å². The molecule has 0 spiro atoms. The summed E-state index contributed by atoms with van der Waals surface area (Å²) in [5, 5.41) is 0. The predicted molar refractivity (Wildman–Crippen MR) is 59.0 cm³/mol. The number of hydrogen-bond donors (Lipinski definition) is 8. The molecule has 18 heavy (non-hydrogen) atoms. The Hall–Kier alpha value is 3.16. The van der Waals surface area contributed by atoms with Crippen LogP contribution in [0.5, 0.6) is 0 Å². The van der Waals surface area contributed by atoms with Crippen molar-refractivity contribution in [3.05, 3.63) is 0 Å². The standard InChI is InChI=1S/Ca.2H3O4P.H2O3Si.H2O.Sr.Zn.4H/c;2*1-5(2,3)4;1-4(2)3;;;;;;;/h;2*(H3,1,2,3,4);1-2H;1H2;;;;;;/q+2;;;;;+2;;4*-1. The molecule has 0 aromatic heterocycles. The van der Waals surface area contributed by atoms with Gasteiger partial charge in [-0.3, -0.25) is 4.46 Å². The van der Waals surface area contributed by atoms with E-state index in [1.807, 2.05) is 0 Å². The van der Waals surface area contributed by atoms with Crippen LogP contribution in [0.3, 0.4) is 0 Å². The van der Waals surface area contributed by atoms with Crippen LogP contribution in [0.1, 0.15) is 5.71 Å². The van der Waals surface area contributed by atoms with Crippen LogP contribution in [0, 0.1) is 0 Å². The van der Waals surface area contributed by atoms with E-state index >= 15 is 0 Å². The quantitative estimate of drug-likeness (QED) is 0.119. The fourth-order valence-electron chi connectivity index (χ4n) is 0. The van der Waals surface area contributed by atoms with Crippen LogP contribution >= 0.6 is 15.6 Å². The average Bonchev–Trinajstić information content (AvgIpc) is 1.45. The summed E-state index contributed by atoms with van der Waals surface area (Å²) >= 11 is 0. The molecule has 10 N–H and O–H groups in total. The summed E-state index contributed by atoms with van der Waals surface area (Å²) in [5.74, 6) is 0. The van der Waals surface area contributed by atoms with E-state index in [-0.39, 0.29) is 114 Å². The molecule has 0 aliphatic carbocycles. The number of rotatable bonds is 0. The van der Waals surface area contributed by atoms with Crippen LogP contribution in [-0.4, -0.2) is 137 Å². The van der Waals surface area contributed by atoms with Crippen LogP contribution in [-0.2, 0) is 33.1 Å². The van der Waals surface area contributed by atoms with E-state index < -0.39 is 24.8 Å². The van der Waals surface area contributed by atoms with E-state index in [1.54, 1.807) is 0 Å². The first kappa shape index (κ1) is 42.9. The Labute approximate surface area is 188 Å². The summed E-state index contributed by atoms with van der Waals surface area (Å²) in [4.78, 5) is 57.4. The predicted octanol–water partition coefficient (Wildman–Crippen LogP) is -4.61. The SMILES string of the molecule is O.O=P(O)(O)O.O=P(O)(O)O.O=[Si](O)O.[Ca+2].[H-].[H-].[H-].[H-].[Sr+2].[Zn]. The maximum atomic E-state index is 8.88. The second kappa shape index (κ2) is 22.4. The zero-order valence-electron chi connectivity index (χ0n) is 12.8. The molecule has 0 amide bonds. The van der Waals surface area contributed by atoms with Gasteiger partial charge in [0.05, 0.1) is 0 Å². The monoisotopic (exact) mass is 488 g/mol. The molecule has 0 fully saturated rings. The summed E-state index contributed by atoms with van der Waals surface area (Å²) in [6.45, 7) is 0. The topological polar surface area (TPSA) is 245 Å². The van der Waals surface area contributed by atoms with Crippen molar-refractivity contribution in [2.45, 2.75) is 0 Å². The van der Waals surface area contributed by atoms with Gasteiger partial charge in [-0.25, -0.2) is 9.13 Å². The summed E-state index contributed by atoms with van der Waals surface area (Å²) < 4.78 is 26.5. The Morgan fingerprint density at radius 2 is 0.833 bits per heavy atom. The maximum Gasteiger partial charge on any atom is 2.00 e. The van der Waals surface area contributed by atoms with Gasteiger partial charge in [-0.2, -0.15) is 0 Å². The molecule has 0 aromatic carbocycles. The molecule has 0 saturated carbocycles. The van der Waals surface area contributed by atoms with Gasteiger partial charge < -0.3 is 50.1 Å². The third-order valence-electron chi connectivity index (χ3n) is 0. The molecule has 0 rings (SSSR count). The molecule has 0 unspecified atom stereocenters. The van der Waals surface area contributed by atoms with E-state index in [0.717, 1.165) is 0 Å². The number of phosphoric acid groups is 2. The summed E-state index contributed by atoms with van der Waals surface area (Å²) in [6.07, 6.45) is 0. The average molecular weight is 489 g/mol. The molecule has 0 aliphatic heterocycles. The molecule has 0 aliphatic rings. The summed E-state index contributed by atoms with van der Waals surface area (Å²) in [7, 11) is -12.4. The third kappa shape index (κ3) is 633. The Morgan fingerprint density at radius 1 is 0.833 bits per heavy atom. The normalized spacial score (nSPS) is 7.89.